The number of nitrogens with one attached hydrogen (secondary N) is 1. The van der Waals surface area contributed by atoms with Gasteiger partial charge in [-0.25, -0.2) is 0 Å². The van der Waals surface area contributed by atoms with Crippen molar-refractivity contribution in [1.82, 2.24) is 5.32 Å². The summed E-state index contributed by atoms with van der Waals surface area (Å²) in [5.41, 5.74) is 0.144. The molecule has 0 saturated heterocycles. The van der Waals surface area contributed by atoms with E-state index in [-0.39, 0.29) is 5.54 Å². The third kappa shape index (κ3) is 4.44. The minimum atomic E-state index is 0.144. The van der Waals surface area contributed by atoms with Crippen LogP contribution in [-0.4, -0.2) is 18.6 Å². The van der Waals surface area contributed by atoms with Gasteiger partial charge >= 0.3 is 0 Å². The first-order chi connectivity index (χ1) is 4.62. The highest BCUT2D eigenvalue weighted by molar-refractivity contribution is 4.74. The maximum absolute atomic E-state index is 9.69. The Morgan fingerprint density at radius 2 is 2.10 bits per heavy atom. The molecular weight excluding hydrogens is 128 g/mol. The van der Waals surface area contributed by atoms with Gasteiger partial charge in [0.2, 0.25) is 0 Å². The van der Waals surface area contributed by atoms with Gasteiger partial charge in [-0.1, -0.05) is 12.1 Å². The Kier molecular flexibility index (Phi) is 4.19. The van der Waals surface area contributed by atoms with Gasteiger partial charge in [0.15, 0.2) is 0 Å². The van der Waals surface area contributed by atoms with Crippen LogP contribution in [0.1, 0.15) is 27.2 Å². The van der Waals surface area contributed by atoms with Crippen molar-refractivity contribution in [2.24, 2.45) is 5.18 Å². The normalized spacial score (nSPS) is 11.5. The van der Waals surface area contributed by atoms with E-state index in [1.165, 1.54) is 0 Å². The number of rotatable bonds is 5. The van der Waals surface area contributed by atoms with E-state index >= 15 is 0 Å². The average Bonchev–Trinajstić information content (AvgIpc) is 1.89. The van der Waals surface area contributed by atoms with Crippen LogP contribution in [-0.2, 0) is 0 Å². The molecular formula is C7H16N2O. The quantitative estimate of drug-likeness (QED) is 0.469. The van der Waals surface area contributed by atoms with E-state index in [2.05, 4.69) is 31.3 Å². The van der Waals surface area contributed by atoms with Gasteiger partial charge in [0.05, 0.1) is 6.54 Å². The SMILES string of the molecule is CCC(C)(C)NCCN=O. The molecule has 0 unspecified atom stereocenters. The van der Waals surface area contributed by atoms with Crippen LogP contribution < -0.4 is 5.32 Å². The number of hydrogen-bond donors (Lipinski definition) is 1. The minimum Gasteiger partial charge on any atom is -0.310 e. The fourth-order valence-corrected chi connectivity index (χ4v) is 0.565. The minimum absolute atomic E-state index is 0.144. The number of hydrogen-bond acceptors (Lipinski definition) is 3. The third-order valence-corrected chi connectivity index (χ3v) is 1.69. The predicted molar refractivity (Wildman–Crippen MR) is 43.0 cm³/mol. The Morgan fingerprint density at radius 3 is 2.50 bits per heavy atom. The summed E-state index contributed by atoms with van der Waals surface area (Å²) >= 11 is 0. The molecule has 1 N–H and O–H groups in total. The van der Waals surface area contributed by atoms with E-state index < -0.39 is 0 Å². The number of nitroso groups, excluding NO2 is 1. The lowest BCUT2D eigenvalue weighted by molar-refractivity contribution is 0.382. The molecule has 60 valence electrons. The lowest BCUT2D eigenvalue weighted by Crippen LogP contribution is -2.39. The van der Waals surface area contributed by atoms with E-state index in [1.54, 1.807) is 0 Å². The Hall–Kier alpha value is -0.440. The Labute approximate surface area is 62.2 Å². The van der Waals surface area contributed by atoms with Crippen LogP contribution >= 0.6 is 0 Å². The molecule has 0 atom stereocenters. The highest BCUT2D eigenvalue weighted by atomic mass is 16.3. The summed E-state index contributed by atoms with van der Waals surface area (Å²) in [6.07, 6.45) is 1.06. The van der Waals surface area contributed by atoms with Gasteiger partial charge < -0.3 is 5.32 Å². The smallest absolute Gasteiger partial charge is 0.0935 e. The summed E-state index contributed by atoms with van der Waals surface area (Å²) in [6.45, 7) is 7.38. The molecule has 0 aromatic rings. The van der Waals surface area contributed by atoms with Gasteiger partial charge in [-0.05, 0) is 20.3 Å². The Balaban J connectivity index is 3.36. The highest BCUT2D eigenvalue weighted by Crippen LogP contribution is 2.05. The molecule has 3 nitrogen and oxygen atoms in total. The lowest BCUT2D eigenvalue weighted by Gasteiger charge is -2.23. The average molecular weight is 144 g/mol. The van der Waals surface area contributed by atoms with Gasteiger partial charge in [-0.2, -0.15) is 4.91 Å². The molecule has 0 aliphatic rings. The highest BCUT2D eigenvalue weighted by Gasteiger charge is 2.12. The fourth-order valence-electron chi connectivity index (χ4n) is 0.565. The van der Waals surface area contributed by atoms with Crippen molar-refractivity contribution >= 4 is 0 Å². The Bertz CT molecular complexity index is 102. The standard InChI is InChI=1S/C7H16N2O/c1-4-7(2,3)8-5-6-9-10/h8H,4-6H2,1-3H3. The van der Waals surface area contributed by atoms with E-state index in [0.29, 0.717) is 13.1 Å². The molecule has 0 aromatic heterocycles. The molecule has 0 heterocycles. The lowest BCUT2D eigenvalue weighted by atomic mass is 10.0. The van der Waals surface area contributed by atoms with Crippen molar-refractivity contribution in [3.05, 3.63) is 4.91 Å². The summed E-state index contributed by atoms with van der Waals surface area (Å²) < 4.78 is 0. The maximum atomic E-state index is 9.69. The fraction of sp³-hybridized carbons (Fsp3) is 1.00. The zero-order valence-electron chi connectivity index (χ0n) is 6.98. The van der Waals surface area contributed by atoms with E-state index in [4.69, 9.17) is 0 Å². The molecule has 0 bridgehead atoms. The van der Waals surface area contributed by atoms with Crippen LogP contribution in [0, 0.1) is 4.91 Å². The number of nitrogens with zero attached hydrogens (tertiary/aromatic N) is 1. The van der Waals surface area contributed by atoms with Gasteiger partial charge in [0.1, 0.15) is 0 Å². The molecule has 0 aliphatic heterocycles. The van der Waals surface area contributed by atoms with Crippen LogP contribution in [0.5, 0.6) is 0 Å². The predicted octanol–water partition coefficient (Wildman–Crippen LogP) is 1.53. The van der Waals surface area contributed by atoms with Crippen molar-refractivity contribution in [3.8, 4) is 0 Å². The topological polar surface area (TPSA) is 41.5 Å². The van der Waals surface area contributed by atoms with E-state index in [9.17, 15) is 4.91 Å². The summed E-state index contributed by atoms with van der Waals surface area (Å²) in [6, 6.07) is 0. The van der Waals surface area contributed by atoms with Crippen molar-refractivity contribution < 1.29 is 0 Å². The van der Waals surface area contributed by atoms with Gasteiger partial charge in [-0.3, -0.25) is 0 Å². The second-order valence-electron chi connectivity index (χ2n) is 3.02. The third-order valence-electron chi connectivity index (χ3n) is 1.69. The molecule has 0 fully saturated rings. The second-order valence-corrected chi connectivity index (χ2v) is 3.02. The summed E-state index contributed by atoms with van der Waals surface area (Å²) in [4.78, 5) is 9.69. The van der Waals surface area contributed by atoms with Gasteiger partial charge in [0, 0.05) is 12.1 Å². The van der Waals surface area contributed by atoms with Crippen LogP contribution in [0.15, 0.2) is 5.18 Å². The second kappa shape index (κ2) is 4.39. The summed E-state index contributed by atoms with van der Waals surface area (Å²) in [5.74, 6) is 0. The summed E-state index contributed by atoms with van der Waals surface area (Å²) in [7, 11) is 0. The maximum Gasteiger partial charge on any atom is 0.0935 e. The molecule has 0 aliphatic carbocycles. The molecule has 0 amide bonds. The molecule has 0 spiro atoms. The molecule has 0 radical (unpaired) electrons. The van der Waals surface area contributed by atoms with Gasteiger partial charge in [0.25, 0.3) is 0 Å². The van der Waals surface area contributed by atoms with Crippen molar-refractivity contribution in [3.63, 3.8) is 0 Å². The van der Waals surface area contributed by atoms with Crippen LogP contribution in [0.4, 0.5) is 0 Å². The van der Waals surface area contributed by atoms with Crippen molar-refractivity contribution in [2.75, 3.05) is 13.1 Å². The van der Waals surface area contributed by atoms with Crippen molar-refractivity contribution in [2.45, 2.75) is 32.7 Å². The van der Waals surface area contributed by atoms with Gasteiger partial charge in [-0.15, -0.1) is 0 Å². The molecule has 10 heavy (non-hydrogen) atoms. The van der Waals surface area contributed by atoms with E-state index in [1.807, 2.05) is 0 Å². The Morgan fingerprint density at radius 1 is 1.50 bits per heavy atom. The zero-order chi connectivity index (χ0) is 8.04. The largest absolute Gasteiger partial charge is 0.310 e. The first-order valence-corrected chi connectivity index (χ1v) is 3.66. The molecule has 0 rings (SSSR count). The van der Waals surface area contributed by atoms with Crippen LogP contribution in [0.3, 0.4) is 0 Å². The molecule has 3 heteroatoms. The first-order valence-electron chi connectivity index (χ1n) is 3.66. The van der Waals surface area contributed by atoms with Crippen molar-refractivity contribution in [1.29, 1.82) is 0 Å². The zero-order valence-corrected chi connectivity index (χ0v) is 6.98. The van der Waals surface area contributed by atoms with Crippen LogP contribution in [0.25, 0.3) is 0 Å². The van der Waals surface area contributed by atoms with E-state index in [0.717, 1.165) is 6.42 Å². The van der Waals surface area contributed by atoms with Crippen LogP contribution in [0.2, 0.25) is 0 Å². The molecule has 0 saturated carbocycles. The monoisotopic (exact) mass is 144 g/mol. The molecule has 0 aromatic carbocycles. The summed E-state index contributed by atoms with van der Waals surface area (Å²) in [5, 5.41) is 5.98. The first kappa shape index (κ1) is 9.56.